The van der Waals surface area contributed by atoms with Crippen molar-refractivity contribution < 1.29 is 4.74 Å². The Morgan fingerprint density at radius 2 is 1.78 bits per heavy atom. The van der Waals surface area contributed by atoms with E-state index in [1.165, 1.54) is 11.1 Å². The van der Waals surface area contributed by atoms with Gasteiger partial charge in [0.05, 0.1) is 35.3 Å². The van der Waals surface area contributed by atoms with E-state index in [1.54, 1.807) is 13.2 Å². The van der Waals surface area contributed by atoms with Crippen LogP contribution in [0.3, 0.4) is 0 Å². The predicted molar refractivity (Wildman–Crippen MR) is 133 cm³/mol. The number of hydrogen-bond donors (Lipinski definition) is 1. The third-order valence-electron chi connectivity index (χ3n) is 6.35. The first kappa shape index (κ1) is 22.9. The van der Waals surface area contributed by atoms with Crippen LogP contribution in [-0.2, 0) is 19.3 Å². The second-order valence-corrected chi connectivity index (χ2v) is 9.05. The van der Waals surface area contributed by atoms with Crippen LogP contribution >= 0.6 is 23.2 Å². The van der Waals surface area contributed by atoms with Crippen molar-refractivity contribution in [2.45, 2.75) is 52.5 Å². The molecule has 0 amide bonds. The number of fused-ring (bicyclic) bond motifs is 1. The van der Waals surface area contributed by atoms with Crippen LogP contribution in [0.5, 0.6) is 5.75 Å². The van der Waals surface area contributed by atoms with Gasteiger partial charge in [-0.05, 0) is 66.6 Å². The number of ether oxygens (including phenoxy) is 1. The van der Waals surface area contributed by atoms with Gasteiger partial charge in [-0.15, -0.1) is 0 Å². The molecule has 0 radical (unpaired) electrons. The molecule has 0 fully saturated rings. The summed E-state index contributed by atoms with van der Waals surface area (Å²) in [5, 5.41) is 4.96. The summed E-state index contributed by atoms with van der Waals surface area (Å²) in [6.07, 6.45) is 3.67. The van der Waals surface area contributed by atoms with Gasteiger partial charge >= 0.3 is 0 Å². The Morgan fingerprint density at radius 3 is 2.44 bits per heavy atom. The highest BCUT2D eigenvalue weighted by atomic mass is 35.5. The molecule has 0 aliphatic heterocycles. The van der Waals surface area contributed by atoms with E-state index >= 15 is 0 Å². The zero-order chi connectivity index (χ0) is 22.8. The lowest BCUT2D eigenvalue weighted by molar-refractivity contribution is 0.413. The number of nitrogens with zero attached hydrogens (tertiary/aromatic N) is 2. The molecule has 1 N–H and O–H groups in total. The molecule has 4 nitrogen and oxygen atoms in total. The molecule has 32 heavy (non-hydrogen) atoms. The molecule has 2 aromatic carbocycles. The Kier molecular flexibility index (Phi) is 6.92. The molecule has 1 aliphatic carbocycles. The highest BCUT2D eigenvalue weighted by Crippen LogP contribution is 2.42. The molecule has 0 saturated carbocycles. The number of nitrogens with one attached hydrogen (secondary N) is 1. The third kappa shape index (κ3) is 4.31. The molecule has 2 atom stereocenters. The van der Waals surface area contributed by atoms with Crippen molar-refractivity contribution >= 4 is 29.0 Å². The van der Waals surface area contributed by atoms with Crippen LogP contribution in [0, 0.1) is 5.92 Å². The van der Waals surface area contributed by atoms with Crippen molar-refractivity contribution in [1.29, 1.82) is 0 Å². The summed E-state index contributed by atoms with van der Waals surface area (Å²) in [5.41, 5.74) is 6.23. The topological polar surface area (TPSA) is 47.0 Å². The fourth-order valence-electron chi connectivity index (χ4n) is 4.56. The van der Waals surface area contributed by atoms with Gasteiger partial charge in [-0.3, -0.25) is 0 Å². The molecule has 1 aromatic heterocycles. The fraction of sp³-hybridized carbons (Fsp3) is 0.385. The Morgan fingerprint density at radius 1 is 1.00 bits per heavy atom. The molecule has 6 heteroatoms. The molecule has 0 bridgehead atoms. The van der Waals surface area contributed by atoms with Crippen molar-refractivity contribution in [1.82, 2.24) is 9.97 Å². The van der Waals surface area contributed by atoms with Crippen LogP contribution < -0.4 is 10.1 Å². The maximum atomic E-state index is 6.51. The van der Waals surface area contributed by atoms with Crippen molar-refractivity contribution in [3.05, 3.63) is 69.0 Å². The standard InChI is InChI=1S/C26H29Cl2N3O/c1-5-15-12-16-8-10-18(32-4)14-20(16)24(15)31-26-23(7-3)29-25(22(6-2)30-26)19-11-9-17(27)13-21(19)28/h8-11,13-15,24H,5-7,12H2,1-4H3,(H,30,31). The minimum Gasteiger partial charge on any atom is -0.497 e. The molecule has 168 valence electrons. The molecular weight excluding hydrogens is 441 g/mol. The van der Waals surface area contributed by atoms with Crippen LogP contribution in [0.2, 0.25) is 10.0 Å². The zero-order valence-corrected chi connectivity index (χ0v) is 20.5. The molecule has 3 aromatic rings. The number of aryl methyl sites for hydroxylation is 2. The van der Waals surface area contributed by atoms with Crippen molar-refractivity contribution in [3.8, 4) is 17.0 Å². The van der Waals surface area contributed by atoms with E-state index in [-0.39, 0.29) is 6.04 Å². The van der Waals surface area contributed by atoms with Gasteiger partial charge in [0.15, 0.2) is 0 Å². The number of rotatable bonds is 7. The second-order valence-electron chi connectivity index (χ2n) is 8.20. The van der Waals surface area contributed by atoms with Crippen molar-refractivity contribution in [2.24, 2.45) is 5.92 Å². The van der Waals surface area contributed by atoms with Crippen LogP contribution in [-0.4, -0.2) is 17.1 Å². The lowest BCUT2D eigenvalue weighted by Crippen LogP contribution is -2.19. The number of aromatic nitrogens is 2. The van der Waals surface area contributed by atoms with Crippen LogP contribution in [0.25, 0.3) is 11.3 Å². The Labute approximate surface area is 200 Å². The van der Waals surface area contributed by atoms with Gasteiger partial charge in [-0.2, -0.15) is 0 Å². The van der Waals surface area contributed by atoms with Crippen LogP contribution in [0.1, 0.15) is 55.7 Å². The minimum atomic E-state index is 0.180. The first-order chi connectivity index (χ1) is 15.5. The van der Waals surface area contributed by atoms with Crippen LogP contribution in [0.15, 0.2) is 36.4 Å². The average molecular weight is 470 g/mol. The van der Waals surface area contributed by atoms with Gasteiger partial charge in [-0.1, -0.05) is 56.5 Å². The van der Waals surface area contributed by atoms with E-state index in [1.807, 2.05) is 18.2 Å². The molecule has 4 rings (SSSR count). The van der Waals surface area contributed by atoms with E-state index in [0.29, 0.717) is 16.0 Å². The third-order valence-corrected chi connectivity index (χ3v) is 6.90. The summed E-state index contributed by atoms with van der Waals surface area (Å²) < 4.78 is 5.49. The maximum absolute atomic E-state index is 6.51. The summed E-state index contributed by atoms with van der Waals surface area (Å²) in [6.45, 7) is 6.45. The monoisotopic (exact) mass is 469 g/mol. The molecule has 0 saturated heterocycles. The molecule has 2 unspecified atom stereocenters. The summed E-state index contributed by atoms with van der Waals surface area (Å²) in [4.78, 5) is 10.1. The Bertz CT molecular complexity index is 1130. The lowest BCUT2D eigenvalue weighted by atomic mass is 9.97. The maximum Gasteiger partial charge on any atom is 0.148 e. The molecular formula is C26H29Cl2N3O. The van der Waals surface area contributed by atoms with E-state index in [4.69, 9.17) is 37.9 Å². The number of anilines is 1. The Hall–Kier alpha value is -2.30. The van der Waals surface area contributed by atoms with Gasteiger partial charge < -0.3 is 10.1 Å². The van der Waals surface area contributed by atoms with Crippen molar-refractivity contribution in [3.63, 3.8) is 0 Å². The normalized spacial score (nSPS) is 17.3. The number of methoxy groups -OCH3 is 1. The quantitative estimate of drug-likeness (QED) is 0.393. The second kappa shape index (κ2) is 9.68. The predicted octanol–water partition coefficient (Wildman–Crippen LogP) is 7.32. The van der Waals surface area contributed by atoms with Gasteiger partial charge in [0.25, 0.3) is 0 Å². The van der Waals surface area contributed by atoms with Crippen LogP contribution in [0.4, 0.5) is 5.82 Å². The smallest absolute Gasteiger partial charge is 0.148 e. The molecule has 1 aliphatic rings. The van der Waals surface area contributed by atoms with E-state index in [9.17, 15) is 0 Å². The SMILES string of the molecule is CCc1nc(-c2ccc(Cl)cc2Cl)c(CC)nc1NC1c2cc(OC)ccc2CC1CC. The summed E-state index contributed by atoms with van der Waals surface area (Å²) in [7, 11) is 1.71. The number of benzene rings is 2. The largest absolute Gasteiger partial charge is 0.497 e. The highest BCUT2D eigenvalue weighted by molar-refractivity contribution is 6.36. The molecule has 0 spiro atoms. The van der Waals surface area contributed by atoms with E-state index in [0.717, 1.165) is 59.9 Å². The summed E-state index contributed by atoms with van der Waals surface area (Å²) in [6, 6.07) is 12.1. The first-order valence-corrected chi connectivity index (χ1v) is 12.0. The van der Waals surface area contributed by atoms with E-state index < -0.39 is 0 Å². The van der Waals surface area contributed by atoms with Gasteiger partial charge in [0.2, 0.25) is 0 Å². The summed E-state index contributed by atoms with van der Waals surface area (Å²) >= 11 is 12.6. The number of hydrogen-bond acceptors (Lipinski definition) is 4. The Balaban J connectivity index is 1.76. The van der Waals surface area contributed by atoms with Crippen molar-refractivity contribution in [2.75, 3.05) is 12.4 Å². The molecule has 1 heterocycles. The van der Waals surface area contributed by atoms with Gasteiger partial charge in [-0.25, -0.2) is 9.97 Å². The van der Waals surface area contributed by atoms with Gasteiger partial charge in [0.1, 0.15) is 11.6 Å². The number of halogens is 2. The van der Waals surface area contributed by atoms with E-state index in [2.05, 4.69) is 38.2 Å². The fourth-order valence-corrected chi connectivity index (χ4v) is 5.06. The zero-order valence-electron chi connectivity index (χ0n) is 19.0. The average Bonchev–Trinajstić information content (AvgIpc) is 3.15. The first-order valence-electron chi connectivity index (χ1n) is 11.3. The minimum absolute atomic E-state index is 0.180. The van der Waals surface area contributed by atoms with Gasteiger partial charge in [0, 0.05) is 10.6 Å². The highest BCUT2D eigenvalue weighted by Gasteiger charge is 2.32. The summed E-state index contributed by atoms with van der Waals surface area (Å²) in [5.74, 6) is 2.24. The lowest BCUT2D eigenvalue weighted by Gasteiger charge is -2.24.